The number of aryl methyl sites for hydroxylation is 1. The molecule has 1 amide bonds. The zero-order valence-corrected chi connectivity index (χ0v) is 14.7. The molecule has 0 unspecified atom stereocenters. The summed E-state index contributed by atoms with van der Waals surface area (Å²) in [6.07, 6.45) is 0. The van der Waals surface area contributed by atoms with Crippen LogP contribution in [0.1, 0.15) is 5.56 Å². The van der Waals surface area contributed by atoms with E-state index in [1.165, 1.54) is 18.2 Å². The second-order valence-electron chi connectivity index (χ2n) is 6.51. The van der Waals surface area contributed by atoms with Crippen molar-refractivity contribution in [3.8, 4) is 0 Å². The molecular formula is C22H17FN2O2. The van der Waals surface area contributed by atoms with E-state index in [-0.39, 0.29) is 17.9 Å². The number of nitrogens with zero attached hydrogens (tertiary/aromatic N) is 1. The number of halogens is 1. The fourth-order valence-electron chi connectivity index (χ4n) is 3.32. The average molecular weight is 360 g/mol. The SMILES string of the molecule is Cc1ccc2c(c1)c(=O)c1ccccc1n2CC(=O)Nc1cccc(F)c1. The lowest BCUT2D eigenvalue weighted by Crippen LogP contribution is -2.21. The minimum Gasteiger partial charge on any atom is -0.331 e. The van der Waals surface area contributed by atoms with Gasteiger partial charge in [-0.1, -0.05) is 29.8 Å². The van der Waals surface area contributed by atoms with Crippen molar-refractivity contribution in [2.24, 2.45) is 0 Å². The number of anilines is 1. The van der Waals surface area contributed by atoms with E-state index >= 15 is 0 Å². The molecule has 1 N–H and O–H groups in total. The normalized spacial score (nSPS) is 11.0. The molecule has 0 spiro atoms. The Kier molecular flexibility index (Phi) is 4.20. The molecule has 4 nitrogen and oxygen atoms in total. The summed E-state index contributed by atoms with van der Waals surface area (Å²) in [6, 6.07) is 18.6. The molecule has 0 aliphatic heterocycles. The van der Waals surface area contributed by atoms with Crippen molar-refractivity contribution in [3.63, 3.8) is 0 Å². The first-order chi connectivity index (χ1) is 13.0. The maximum atomic E-state index is 13.4. The van der Waals surface area contributed by atoms with E-state index < -0.39 is 5.82 Å². The summed E-state index contributed by atoms with van der Waals surface area (Å²) in [5, 5.41) is 3.85. The van der Waals surface area contributed by atoms with Crippen molar-refractivity contribution in [2.75, 3.05) is 5.32 Å². The maximum Gasteiger partial charge on any atom is 0.244 e. The van der Waals surface area contributed by atoms with Gasteiger partial charge in [-0.05, 0) is 49.4 Å². The molecule has 4 rings (SSSR count). The average Bonchev–Trinajstić information content (AvgIpc) is 2.65. The summed E-state index contributed by atoms with van der Waals surface area (Å²) in [5.41, 5.74) is 2.70. The number of aromatic nitrogens is 1. The number of hydrogen-bond acceptors (Lipinski definition) is 2. The molecule has 1 aromatic heterocycles. The van der Waals surface area contributed by atoms with Crippen molar-refractivity contribution in [1.82, 2.24) is 4.57 Å². The van der Waals surface area contributed by atoms with Crippen LogP contribution in [0.2, 0.25) is 0 Å². The molecule has 0 saturated carbocycles. The first-order valence-electron chi connectivity index (χ1n) is 8.60. The number of pyridine rings is 1. The molecule has 5 heteroatoms. The summed E-state index contributed by atoms with van der Waals surface area (Å²) in [7, 11) is 0. The summed E-state index contributed by atoms with van der Waals surface area (Å²) < 4.78 is 15.2. The predicted molar refractivity (Wildman–Crippen MR) is 105 cm³/mol. The Balaban J connectivity index is 1.83. The van der Waals surface area contributed by atoms with E-state index in [4.69, 9.17) is 0 Å². The van der Waals surface area contributed by atoms with E-state index in [9.17, 15) is 14.0 Å². The third kappa shape index (κ3) is 3.19. The number of carbonyl (C=O) groups excluding carboxylic acids is 1. The van der Waals surface area contributed by atoms with Gasteiger partial charge in [0, 0.05) is 16.5 Å². The molecule has 0 atom stereocenters. The van der Waals surface area contributed by atoms with Gasteiger partial charge in [0.05, 0.1) is 11.0 Å². The molecule has 0 radical (unpaired) electrons. The molecule has 0 aliphatic carbocycles. The van der Waals surface area contributed by atoms with Gasteiger partial charge in [-0.15, -0.1) is 0 Å². The van der Waals surface area contributed by atoms with Gasteiger partial charge in [-0.25, -0.2) is 4.39 Å². The van der Waals surface area contributed by atoms with Crippen LogP contribution in [0.5, 0.6) is 0 Å². The van der Waals surface area contributed by atoms with Gasteiger partial charge in [0.2, 0.25) is 5.91 Å². The number of nitrogens with one attached hydrogen (secondary N) is 1. The van der Waals surface area contributed by atoms with Crippen molar-refractivity contribution < 1.29 is 9.18 Å². The van der Waals surface area contributed by atoms with Crippen LogP contribution in [0.25, 0.3) is 21.8 Å². The van der Waals surface area contributed by atoms with Crippen LogP contribution in [-0.2, 0) is 11.3 Å². The fourth-order valence-corrected chi connectivity index (χ4v) is 3.32. The minimum absolute atomic E-state index is 0.0108. The van der Waals surface area contributed by atoms with E-state index in [2.05, 4.69) is 5.32 Å². The van der Waals surface area contributed by atoms with Crippen LogP contribution in [-0.4, -0.2) is 10.5 Å². The largest absolute Gasteiger partial charge is 0.331 e. The third-order valence-electron chi connectivity index (χ3n) is 4.54. The second-order valence-corrected chi connectivity index (χ2v) is 6.51. The van der Waals surface area contributed by atoms with Crippen molar-refractivity contribution in [2.45, 2.75) is 13.5 Å². The lowest BCUT2D eigenvalue weighted by molar-refractivity contribution is -0.116. The molecule has 0 bridgehead atoms. The predicted octanol–water partition coefficient (Wildman–Crippen LogP) is 4.24. The molecule has 4 aromatic rings. The first kappa shape index (κ1) is 17.0. The zero-order valence-electron chi connectivity index (χ0n) is 14.7. The molecule has 1 heterocycles. The highest BCUT2D eigenvalue weighted by atomic mass is 19.1. The highest BCUT2D eigenvalue weighted by Crippen LogP contribution is 2.20. The minimum atomic E-state index is -0.414. The van der Waals surface area contributed by atoms with E-state index in [0.717, 1.165) is 5.56 Å². The number of carbonyl (C=O) groups is 1. The highest BCUT2D eigenvalue weighted by molar-refractivity contribution is 5.97. The quantitative estimate of drug-likeness (QED) is 0.556. The second kappa shape index (κ2) is 6.68. The Morgan fingerprint density at radius 2 is 1.74 bits per heavy atom. The van der Waals surface area contributed by atoms with Crippen LogP contribution in [0.4, 0.5) is 10.1 Å². The van der Waals surface area contributed by atoms with Crippen molar-refractivity contribution in [1.29, 1.82) is 0 Å². The van der Waals surface area contributed by atoms with Gasteiger partial charge >= 0.3 is 0 Å². The van der Waals surface area contributed by atoms with Crippen LogP contribution in [0.3, 0.4) is 0 Å². The summed E-state index contributed by atoms with van der Waals surface area (Å²) in [6.45, 7) is 1.94. The molecular weight excluding hydrogens is 343 g/mol. The van der Waals surface area contributed by atoms with Crippen LogP contribution < -0.4 is 10.7 Å². The van der Waals surface area contributed by atoms with Gasteiger partial charge in [-0.3, -0.25) is 9.59 Å². The molecule has 3 aromatic carbocycles. The lowest BCUT2D eigenvalue weighted by atomic mass is 10.1. The number of para-hydroxylation sites is 1. The maximum absolute atomic E-state index is 13.4. The standard InChI is InChI=1S/C22H17FN2O2/c1-14-9-10-20-18(11-14)22(27)17-7-2-3-8-19(17)25(20)13-21(26)24-16-6-4-5-15(23)12-16/h2-12H,13H2,1H3,(H,24,26). The van der Waals surface area contributed by atoms with Gasteiger partial charge < -0.3 is 9.88 Å². The van der Waals surface area contributed by atoms with Crippen LogP contribution in [0, 0.1) is 12.7 Å². The third-order valence-corrected chi connectivity index (χ3v) is 4.54. The van der Waals surface area contributed by atoms with Crippen LogP contribution >= 0.6 is 0 Å². The summed E-state index contributed by atoms with van der Waals surface area (Å²) in [4.78, 5) is 25.5. The number of amides is 1. The van der Waals surface area contributed by atoms with Crippen LogP contribution in [0.15, 0.2) is 71.5 Å². The van der Waals surface area contributed by atoms with E-state index in [1.807, 2.05) is 47.9 Å². The summed E-state index contributed by atoms with van der Waals surface area (Å²) >= 11 is 0. The van der Waals surface area contributed by atoms with Crippen molar-refractivity contribution in [3.05, 3.63) is 88.3 Å². The molecule has 0 saturated heterocycles. The Bertz CT molecular complexity index is 1240. The molecule has 27 heavy (non-hydrogen) atoms. The number of hydrogen-bond donors (Lipinski definition) is 1. The monoisotopic (exact) mass is 360 g/mol. The number of fused-ring (bicyclic) bond motifs is 2. The fraction of sp³-hybridized carbons (Fsp3) is 0.0909. The Morgan fingerprint density at radius 1 is 0.963 bits per heavy atom. The zero-order chi connectivity index (χ0) is 19.0. The molecule has 134 valence electrons. The van der Waals surface area contributed by atoms with Gasteiger partial charge in [0.1, 0.15) is 12.4 Å². The topological polar surface area (TPSA) is 51.1 Å². The first-order valence-corrected chi connectivity index (χ1v) is 8.60. The van der Waals surface area contributed by atoms with E-state index in [1.54, 1.807) is 12.1 Å². The Labute approximate surface area is 154 Å². The van der Waals surface area contributed by atoms with E-state index in [0.29, 0.717) is 27.5 Å². The number of benzene rings is 3. The van der Waals surface area contributed by atoms with Gasteiger partial charge in [0.25, 0.3) is 0 Å². The Morgan fingerprint density at radius 3 is 2.56 bits per heavy atom. The molecule has 0 aliphatic rings. The van der Waals surface area contributed by atoms with Gasteiger partial charge in [-0.2, -0.15) is 0 Å². The smallest absolute Gasteiger partial charge is 0.244 e. The highest BCUT2D eigenvalue weighted by Gasteiger charge is 2.13. The Hall–Kier alpha value is -3.47. The summed E-state index contributed by atoms with van der Waals surface area (Å²) in [5.74, 6) is -0.709. The van der Waals surface area contributed by atoms with Gasteiger partial charge in [0.15, 0.2) is 5.43 Å². The lowest BCUT2D eigenvalue weighted by Gasteiger charge is -2.15. The molecule has 0 fully saturated rings. The van der Waals surface area contributed by atoms with Crippen molar-refractivity contribution >= 4 is 33.4 Å². The number of rotatable bonds is 3.